The molecular formula is C28H23N5. The Kier molecular flexibility index (Phi) is 5.57. The van der Waals surface area contributed by atoms with Gasteiger partial charge in [-0.3, -0.25) is 9.98 Å². The third-order valence-corrected chi connectivity index (χ3v) is 5.84. The van der Waals surface area contributed by atoms with Crippen LogP contribution in [0.4, 0.5) is 0 Å². The Hall–Kier alpha value is -4.43. The fourth-order valence-electron chi connectivity index (χ4n) is 4.09. The molecule has 2 heterocycles. The molecular weight excluding hydrogens is 406 g/mol. The van der Waals surface area contributed by atoms with E-state index in [4.69, 9.17) is 0 Å². The second-order valence-electron chi connectivity index (χ2n) is 8.07. The number of aliphatic imine (C=N–C) groups is 1. The number of hydrogen-bond donors (Lipinski definition) is 2. The lowest BCUT2D eigenvalue weighted by molar-refractivity contribution is 0.712. The molecule has 2 N–H and O–H groups in total. The zero-order valence-corrected chi connectivity index (χ0v) is 18.3. The van der Waals surface area contributed by atoms with Crippen LogP contribution in [0, 0.1) is 18.3 Å². The summed E-state index contributed by atoms with van der Waals surface area (Å²) in [4.78, 5) is 8.82. The quantitative estimate of drug-likeness (QED) is 0.445. The first kappa shape index (κ1) is 20.5. The lowest BCUT2D eigenvalue weighted by Crippen LogP contribution is -2.31. The first-order valence-corrected chi connectivity index (χ1v) is 10.9. The van der Waals surface area contributed by atoms with Gasteiger partial charge in [-0.2, -0.15) is 5.26 Å². The second kappa shape index (κ2) is 8.97. The van der Waals surface area contributed by atoms with Crippen LogP contribution in [0.5, 0.6) is 0 Å². The van der Waals surface area contributed by atoms with Gasteiger partial charge in [-0.15, -0.1) is 0 Å². The van der Waals surface area contributed by atoms with Crippen LogP contribution in [0.15, 0.2) is 101 Å². The summed E-state index contributed by atoms with van der Waals surface area (Å²) in [5.41, 5.74) is 6.01. The third-order valence-electron chi connectivity index (χ3n) is 5.84. The molecule has 0 spiro atoms. The average molecular weight is 430 g/mol. The van der Waals surface area contributed by atoms with Gasteiger partial charge in [0.2, 0.25) is 0 Å². The van der Waals surface area contributed by atoms with Crippen LogP contribution in [-0.4, -0.2) is 11.3 Å². The molecule has 33 heavy (non-hydrogen) atoms. The van der Waals surface area contributed by atoms with Crippen LogP contribution >= 0.6 is 0 Å². The first-order chi connectivity index (χ1) is 16.2. The number of hydrogen-bond acceptors (Lipinski definition) is 5. The Morgan fingerprint density at radius 1 is 0.939 bits per heavy atom. The van der Waals surface area contributed by atoms with E-state index in [1.807, 2.05) is 37.4 Å². The summed E-state index contributed by atoms with van der Waals surface area (Å²) in [5.74, 6) is 0.694. The molecule has 5 heteroatoms. The molecule has 1 aliphatic rings. The van der Waals surface area contributed by atoms with Gasteiger partial charge in [0.25, 0.3) is 0 Å². The van der Waals surface area contributed by atoms with Crippen molar-refractivity contribution in [3.8, 4) is 17.2 Å². The van der Waals surface area contributed by atoms with E-state index in [1.165, 1.54) is 5.39 Å². The van der Waals surface area contributed by atoms with Crippen molar-refractivity contribution in [2.45, 2.75) is 19.5 Å². The Morgan fingerprint density at radius 3 is 2.55 bits per heavy atom. The summed E-state index contributed by atoms with van der Waals surface area (Å²) < 4.78 is 0. The van der Waals surface area contributed by atoms with Gasteiger partial charge >= 0.3 is 0 Å². The number of aromatic nitrogens is 1. The molecule has 0 amide bonds. The van der Waals surface area contributed by atoms with Crippen LogP contribution in [-0.2, 0) is 6.54 Å². The van der Waals surface area contributed by atoms with Crippen molar-refractivity contribution in [2.24, 2.45) is 4.99 Å². The van der Waals surface area contributed by atoms with Crippen molar-refractivity contribution < 1.29 is 0 Å². The van der Waals surface area contributed by atoms with Crippen molar-refractivity contribution in [3.05, 3.63) is 113 Å². The maximum absolute atomic E-state index is 9.92. The molecule has 1 atom stereocenters. The van der Waals surface area contributed by atoms with E-state index in [0.717, 1.165) is 33.3 Å². The van der Waals surface area contributed by atoms with E-state index in [-0.39, 0.29) is 6.04 Å². The molecule has 0 saturated heterocycles. The number of nitrogens with one attached hydrogen (secondary N) is 2. The molecule has 1 aliphatic heterocycles. The average Bonchev–Trinajstić information content (AvgIpc) is 2.87. The van der Waals surface area contributed by atoms with E-state index in [1.54, 1.807) is 6.34 Å². The van der Waals surface area contributed by atoms with Crippen LogP contribution in [0.3, 0.4) is 0 Å². The van der Waals surface area contributed by atoms with E-state index >= 15 is 0 Å². The number of nitriles is 1. The molecule has 5 rings (SSSR count). The van der Waals surface area contributed by atoms with Gasteiger partial charge in [-0.05, 0) is 58.1 Å². The molecule has 5 nitrogen and oxygen atoms in total. The highest BCUT2D eigenvalue weighted by molar-refractivity contribution is 5.83. The number of rotatable bonds is 5. The second-order valence-corrected chi connectivity index (χ2v) is 8.07. The Balaban J connectivity index is 1.35. The molecule has 3 aromatic carbocycles. The van der Waals surface area contributed by atoms with Gasteiger partial charge in [-0.25, -0.2) is 0 Å². The summed E-state index contributed by atoms with van der Waals surface area (Å²) in [7, 11) is 0. The van der Waals surface area contributed by atoms with E-state index < -0.39 is 0 Å². The summed E-state index contributed by atoms with van der Waals surface area (Å²) in [6, 6.07) is 29.0. The van der Waals surface area contributed by atoms with Crippen molar-refractivity contribution in [3.63, 3.8) is 0 Å². The van der Waals surface area contributed by atoms with Gasteiger partial charge in [-0.1, -0.05) is 60.7 Å². The monoisotopic (exact) mass is 429 g/mol. The van der Waals surface area contributed by atoms with Gasteiger partial charge in [0, 0.05) is 18.4 Å². The summed E-state index contributed by atoms with van der Waals surface area (Å²) in [6.45, 7) is 2.59. The minimum atomic E-state index is -0.333. The molecule has 1 aromatic heterocycles. The van der Waals surface area contributed by atoms with Crippen molar-refractivity contribution in [2.75, 3.05) is 0 Å². The van der Waals surface area contributed by atoms with E-state index in [0.29, 0.717) is 17.9 Å². The Labute approximate surface area is 193 Å². The SMILES string of the molecule is Cc1cc(-c2ccc(CNC3=C(C#N)C(c4ccc5ccccc5c4)N=CN3)cc2)ccn1. The number of nitrogens with zero attached hydrogens (tertiary/aromatic N) is 3. The lowest BCUT2D eigenvalue weighted by Gasteiger charge is -2.22. The first-order valence-electron chi connectivity index (χ1n) is 10.9. The molecule has 4 aromatic rings. The molecule has 1 unspecified atom stereocenters. The summed E-state index contributed by atoms with van der Waals surface area (Å²) in [6.07, 6.45) is 3.50. The molecule has 0 bridgehead atoms. The largest absolute Gasteiger partial charge is 0.367 e. The standard InChI is InChI=1S/C28H23N5/c1-19-14-24(12-13-30-19)22-8-6-20(7-9-22)17-31-28-26(16-29)27(32-18-33-28)25-11-10-21-4-2-3-5-23(21)15-25/h2-15,18,27,31H,17H2,1H3,(H,32,33). The summed E-state index contributed by atoms with van der Waals surface area (Å²) >= 11 is 0. The smallest absolute Gasteiger partial charge is 0.121 e. The zero-order valence-electron chi connectivity index (χ0n) is 18.3. The van der Waals surface area contributed by atoms with E-state index in [9.17, 15) is 5.26 Å². The summed E-state index contributed by atoms with van der Waals surface area (Å²) in [5, 5.41) is 18.7. The van der Waals surface area contributed by atoms with Gasteiger partial charge in [0.1, 0.15) is 17.9 Å². The highest BCUT2D eigenvalue weighted by Gasteiger charge is 2.23. The lowest BCUT2D eigenvalue weighted by atomic mass is 9.96. The van der Waals surface area contributed by atoms with Gasteiger partial charge in [0.05, 0.1) is 11.9 Å². The number of fused-ring (bicyclic) bond motifs is 1. The Bertz CT molecular complexity index is 1410. The van der Waals surface area contributed by atoms with Crippen molar-refractivity contribution >= 4 is 17.1 Å². The van der Waals surface area contributed by atoms with Crippen molar-refractivity contribution in [1.82, 2.24) is 15.6 Å². The van der Waals surface area contributed by atoms with Crippen LogP contribution < -0.4 is 10.6 Å². The van der Waals surface area contributed by atoms with E-state index in [2.05, 4.69) is 81.3 Å². The minimum Gasteiger partial charge on any atom is -0.367 e. The minimum absolute atomic E-state index is 0.333. The van der Waals surface area contributed by atoms with Crippen LogP contribution in [0.2, 0.25) is 0 Å². The zero-order chi connectivity index (χ0) is 22.6. The fraction of sp³-hybridized carbons (Fsp3) is 0.107. The molecule has 160 valence electrons. The van der Waals surface area contributed by atoms with Crippen molar-refractivity contribution in [1.29, 1.82) is 5.26 Å². The van der Waals surface area contributed by atoms with Gasteiger partial charge in [0.15, 0.2) is 0 Å². The predicted molar refractivity (Wildman–Crippen MR) is 132 cm³/mol. The number of pyridine rings is 1. The highest BCUT2D eigenvalue weighted by Crippen LogP contribution is 2.30. The van der Waals surface area contributed by atoms with Crippen LogP contribution in [0.25, 0.3) is 21.9 Å². The van der Waals surface area contributed by atoms with Gasteiger partial charge < -0.3 is 10.6 Å². The molecule has 0 fully saturated rings. The normalized spacial score (nSPS) is 15.2. The van der Waals surface area contributed by atoms with Crippen LogP contribution in [0.1, 0.15) is 22.9 Å². The number of aryl methyl sites for hydroxylation is 1. The molecule has 0 radical (unpaired) electrons. The molecule has 0 saturated carbocycles. The Morgan fingerprint density at radius 2 is 1.76 bits per heavy atom. The molecule has 0 aliphatic carbocycles. The predicted octanol–water partition coefficient (Wildman–Crippen LogP) is 5.41. The highest BCUT2D eigenvalue weighted by atomic mass is 15.1. The maximum Gasteiger partial charge on any atom is 0.121 e. The third kappa shape index (κ3) is 4.32. The maximum atomic E-state index is 9.92. The topological polar surface area (TPSA) is 73.1 Å². The number of benzene rings is 3. The fourth-order valence-corrected chi connectivity index (χ4v) is 4.09.